The van der Waals surface area contributed by atoms with Crippen molar-refractivity contribution in [2.45, 2.75) is 52.5 Å². The molecule has 0 aliphatic carbocycles. The third kappa shape index (κ3) is 5.63. The van der Waals surface area contributed by atoms with Gasteiger partial charge in [-0.3, -0.25) is 4.79 Å². The highest BCUT2D eigenvalue weighted by atomic mass is 79.9. The van der Waals surface area contributed by atoms with Crippen LogP contribution in [-0.4, -0.2) is 28.7 Å². The van der Waals surface area contributed by atoms with Crippen LogP contribution < -0.4 is 0 Å². The first-order valence-electron chi connectivity index (χ1n) is 5.48. The van der Waals surface area contributed by atoms with E-state index in [1.807, 2.05) is 4.90 Å². The Morgan fingerprint density at radius 1 is 1.36 bits per heavy atom. The zero-order valence-electron chi connectivity index (χ0n) is 9.55. The Labute approximate surface area is 96.2 Å². The van der Waals surface area contributed by atoms with Crippen molar-refractivity contribution in [2.24, 2.45) is 0 Å². The van der Waals surface area contributed by atoms with Crippen molar-refractivity contribution in [2.75, 3.05) is 11.9 Å². The van der Waals surface area contributed by atoms with E-state index >= 15 is 0 Å². The maximum Gasteiger partial charge on any atom is 0.223 e. The van der Waals surface area contributed by atoms with Crippen molar-refractivity contribution in [1.29, 1.82) is 0 Å². The first-order valence-corrected chi connectivity index (χ1v) is 6.61. The third-order valence-corrected chi connectivity index (χ3v) is 2.65. The molecule has 0 aliphatic rings. The van der Waals surface area contributed by atoms with Crippen molar-refractivity contribution < 1.29 is 4.79 Å². The highest BCUT2D eigenvalue weighted by Gasteiger charge is 2.14. The number of carbonyl (C=O) groups excluding carboxylic acids is 1. The molecule has 0 unspecified atom stereocenters. The predicted octanol–water partition coefficient (Wildman–Crippen LogP) is 3.20. The maximum absolute atomic E-state index is 11.7. The lowest BCUT2D eigenvalue weighted by molar-refractivity contribution is -0.132. The summed E-state index contributed by atoms with van der Waals surface area (Å²) in [5.74, 6) is 0.271. The minimum absolute atomic E-state index is 0.271. The molecule has 0 saturated carbocycles. The van der Waals surface area contributed by atoms with Crippen molar-refractivity contribution in [3.05, 3.63) is 0 Å². The van der Waals surface area contributed by atoms with Gasteiger partial charge in [0.05, 0.1) is 0 Å². The number of amides is 1. The topological polar surface area (TPSA) is 20.3 Å². The van der Waals surface area contributed by atoms with E-state index in [0.717, 1.165) is 18.3 Å². The zero-order valence-corrected chi connectivity index (χ0v) is 11.1. The molecule has 0 aromatic heterocycles. The second-order valence-corrected chi connectivity index (χ2v) is 4.62. The summed E-state index contributed by atoms with van der Waals surface area (Å²) in [6.45, 7) is 7.26. The average molecular weight is 264 g/mol. The predicted molar refractivity (Wildman–Crippen MR) is 64.8 cm³/mol. The summed E-state index contributed by atoms with van der Waals surface area (Å²) in [6.07, 6.45) is 4.16. The van der Waals surface area contributed by atoms with Crippen molar-refractivity contribution in [3.63, 3.8) is 0 Å². The van der Waals surface area contributed by atoms with Gasteiger partial charge in [-0.15, -0.1) is 0 Å². The quantitative estimate of drug-likeness (QED) is 0.511. The van der Waals surface area contributed by atoms with Crippen LogP contribution in [0, 0.1) is 0 Å². The van der Waals surface area contributed by atoms with E-state index in [-0.39, 0.29) is 5.91 Å². The summed E-state index contributed by atoms with van der Waals surface area (Å²) in [5, 5.41) is 0.767. The molecular weight excluding hydrogens is 242 g/mol. The molecule has 0 rings (SSSR count). The summed E-state index contributed by atoms with van der Waals surface area (Å²) >= 11 is 3.30. The third-order valence-electron chi connectivity index (χ3n) is 2.25. The fraction of sp³-hybridized carbons (Fsp3) is 0.909. The second kappa shape index (κ2) is 8.27. The number of unbranched alkanes of at least 4 members (excludes halogenated alkanes) is 2. The van der Waals surface area contributed by atoms with Crippen molar-refractivity contribution in [1.82, 2.24) is 4.90 Å². The molecule has 0 aromatic rings. The molecule has 1 amide bonds. The average Bonchev–Trinajstić information content (AvgIpc) is 2.12. The van der Waals surface area contributed by atoms with Crippen LogP contribution in [0.25, 0.3) is 0 Å². The number of nitrogens with zero attached hydrogens (tertiary/aromatic N) is 1. The lowest BCUT2D eigenvalue weighted by Crippen LogP contribution is -2.37. The van der Waals surface area contributed by atoms with Gasteiger partial charge >= 0.3 is 0 Å². The SMILES string of the molecule is CCCCCN(C(=O)CCBr)C(C)C. The Morgan fingerprint density at radius 3 is 2.43 bits per heavy atom. The van der Waals surface area contributed by atoms with Crippen molar-refractivity contribution in [3.8, 4) is 0 Å². The largest absolute Gasteiger partial charge is 0.340 e. The molecule has 0 bridgehead atoms. The summed E-state index contributed by atoms with van der Waals surface area (Å²) < 4.78 is 0. The fourth-order valence-electron chi connectivity index (χ4n) is 1.43. The van der Waals surface area contributed by atoms with E-state index in [2.05, 4.69) is 36.7 Å². The fourth-order valence-corrected chi connectivity index (χ4v) is 1.77. The monoisotopic (exact) mass is 263 g/mol. The lowest BCUT2D eigenvalue weighted by atomic mass is 10.2. The molecule has 3 heteroatoms. The Morgan fingerprint density at radius 2 is 2.00 bits per heavy atom. The smallest absolute Gasteiger partial charge is 0.223 e. The molecule has 14 heavy (non-hydrogen) atoms. The minimum Gasteiger partial charge on any atom is -0.340 e. The number of hydrogen-bond donors (Lipinski definition) is 0. The Kier molecular flexibility index (Phi) is 8.24. The second-order valence-electron chi connectivity index (χ2n) is 3.83. The van der Waals surface area contributed by atoms with Gasteiger partial charge in [0.2, 0.25) is 5.91 Å². The minimum atomic E-state index is 0.271. The van der Waals surface area contributed by atoms with Gasteiger partial charge in [0, 0.05) is 24.3 Å². The highest BCUT2D eigenvalue weighted by molar-refractivity contribution is 9.09. The van der Waals surface area contributed by atoms with Gasteiger partial charge in [0.25, 0.3) is 0 Å². The molecule has 0 spiro atoms. The van der Waals surface area contributed by atoms with Crippen LogP contribution in [0.1, 0.15) is 46.5 Å². The molecule has 0 atom stereocenters. The Hall–Kier alpha value is -0.0500. The Bertz CT molecular complexity index is 159. The van der Waals surface area contributed by atoms with Crippen LogP contribution in [0.4, 0.5) is 0 Å². The van der Waals surface area contributed by atoms with E-state index in [1.54, 1.807) is 0 Å². The number of carbonyl (C=O) groups is 1. The summed E-state index contributed by atoms with van der Waals surface area (Å²) in [5.41, 5.74) is 0. The first-order chi connectivity index (χ1) is 6.63. The van der Waals surface area contributed by atoms with Gasteiger partial charge in [-0.1, -0.05) is 35.7 Å². The molecule has 0 radical (unpaired) electrons. The maximum atomic E-state index is 11.7. The molecule has 0 aliphatic heterocycles. The molecule has 84 valence electrons. The molecule has 0 N–H and O–H groups in total. The van der Waals surface area contributed by atoms with E-state index in [4.69, 9.17) is 0 Å². The highest BCUT2D eigenvalue weighted by Crippen LogP contribution is 2.06. The van der Waals surface area contributed by atoms with Crippen molar-refractivity contribution >= 4 is 21.8 Å². The van der Waals surface area contributed by atoms with E-state index in [0.29, 0.717) is 12.5 Å². The van der Waals surface area contributed by atoms with Gasteiger partial charge < -0.3 is 4.90 Å². The Balaban J connectivity index is 3.95. The number of rotatable bonds is 7. The normalized spacial score (nSPS) is 10.6. The molecule has 0 fully saturated rings. The van der Waals surface area contributed by atoms with Gasteiger partial charge in [-0.2, -0.15) is 0 Å². The van der Waals surface area contributed by atoms with E-state index < -0.39 is 0 Å². The van der Waals surface area contributed by atoms with Crippen LogP contribution in [0.3, 0.4) is 0 Å². The van der Waals surface area contributed by atoms with Crippen LogP contribution in [-0.2, 0) is 4.79 Å². The number of hydrogen-bond acceptors (Lipinski definition) is 1. The summed E-state index contributed by atoms with van der Waals surface area (Å²) in [7, 11) is 0. The lowest BCUT2D eigenvalue weighted by Gasteiger charge is -2.26. The van der Waals surface area contributed by atoms with Crippen LogP contribution in [0.2, 0.25) is 0 Å². The summed E-state index contributed by atoms with van der Waals surface area (Å²) in [6, 6.07) is 0.332. The zero-order chi connectivity index (χ0) is 11.0. The van der Waals surface area contributed by atoms with E-state index in [9.17, 15) is 4.79 Å². The van der Waals surface area contributed by atoms with Gasteiger partial charge in [0.15, 0.2) is 0 Å². The molecule has 0 aromatic carbocycles. The molecule has 2 nitrogen and oxygen atoms in total. The molecule has 0 saturated heterocycles. The van der Waals surface area contributed by atoms with Crippen LogP contribution in [0.5, 0.6) is 0 Å². The number of alkyl halides is 1. The van der Waals surface area contributed by atoms with Gasteiger partial charge in [0.1, 0.15) is 0 Å². The van der Waals surface area contributed by atoms with Gasteiger partial charge in [-0.05, 0) is 20.3 Å². The van der Waals surface area contributed by atoms with E-state index in [1.165, 1.54) is 12.8 Å². The number of halogens is 1. The molecular formula is C11H22BrNO. The first kappa shape index (κ1) is 13.9. The molecule has 0 heterocycles. The standard InChI is InChI=1S/C11H22BrNO/c1-4-5-6-9-13(10(2)3)11(14)7-8-12/h10H,4-9H2,1-3H3. The summed E-state index contributed by atoms with van der Waals surface area (Å²) in [4.78, 5) is 13.7. The van der Waals surface area contributed by atoms with Crippen LogP contribution >= 0.6 is 15.9 Å². The van der Waals surface area contributed by atoms with Gasteiger partial charge in [-0.25, -0.2) is 0 Å². The van der Waals surface area contributed by atoms with Crippen LogP contribution in [0.15, 0.2) is 0 Å².